The maximum absolute atomic E-state index is 6.00. The molecule has 0 bridgehead atoms. The van der Waals surface area contributed by atoms with Crippen LogP contribution in [0, 0.1) is 0 Å². The van der Waals surface area contributed by atoms with Crippen LogP contribution in [0.25, 0.3) is 11.2 Å². The number of pyridine rings is 1. The summed E-state index contributed by atoms with van der Waals surface area (Å²) in [6.45, 7) is 0.789. The monoisotopic (exact) mass is 282 g/mol. The Morgan fingerprint density at radius 3 is 2.67 bits per heavy atom. The van der Waals surface area contributed by atoms with E-state index < -0.39 is 0 Å². The number of hydrogen-bond donors (Lipinski definition) is 1. The zero-order valence-electron chi connectivity index (χ0n) is 12.0. The highest BCUT2D eigenvalue weighted by Gasteiger charge is 2.10. The van der Waals surface area contributed by atoms with Gasteiger partial charge < -0.3 is 10.5 Å². The summed E-state index contributed by atoms with van der Waals surface area (Å²) < 4.78 is 7.11. The number of methoxy groups -OCH3 is 1. The predicted octanol–water partition coefficient (Wildman–Crippen LogP) is 2.65. The van der Waals surface area contributed by atoms with E-state index in [9.17, 15) is 0 Å². The van der Waals surface area contributed by atoms with Crippen LogP contribution in [0.4, 0.5) is 5.95 Å². The Kier molecular flexibility index (Phi) is 3.73. The second-order valence-electron chi connectivity index (χ2n) is 4.91. The lowest BCUT2D eigenvalue weighted by Gasteiger charge is -2.06. The van der Waals surface area contributed by atoms with Crippen molar-refractivity contribution >= 4 is 17.1 Å². The van der Waals surface area contributed by atoms with Crippen LogP contribution in [0.2, 0.25) is 0 Å². The lowest BCUT2D eigenvalue weighted by Crippen LogP contribution is -2.05. The average molecular weight is 282 g/mol. The van der Waals surface area contributed by atoms with Crippen LogP contribution in [0.5, 0.6) is 5.88 Å². The van der Waals surface area contributed by atoms with Crippen molar-refractivity contribution < 1.29 is 4.74 Å². The van der Waals surface area contributed by atoms with Gasteiger partial charge in [-0.15, -0.1) is 0 Å². The Balaban J connectivity index is 1.78. The van der Waals surface area contributed by atoms with Gasteiger partial charge in [0.2, 0.25) is 11.8 Å². The maximum Gasteiger partial charge on any atom is 0.215 e. The molecule has 5 heteroatoms. The van der Waals surface area contributed by atoms with Gasteiger partial charge in [0.1, 0.15) is 5.52 Å². The van der Waals surface area contributed by atoms with E-state index in [1.54, 1.807) is 13.2 Å². The smallest absolute Gasteiger partial charge is 0.215 e. The lowest BCUT2D eigenvalue weighted by atomic mass is 10.1. The van der Waals surface area contributed by atoms with Gasteiger partial charge >= 0.3 is 0 Å². The largest absolute Gasteiger partial charge is 0.481 e. The fourth-order valence-electron chi connectivity index (χ4n) is 2.42. The van der Waals surface area contributed by atoms with Crippen molar-refractivity contribution in [3.05, 3.63) is 48.0 Å². The van der Waals surface area contributed by atoms with Crippen molar-refractivity contribution in [2.24, 2.45) is 0 Å². The van der Waals surface area contributed by atoms with Crippen LogP contribution in [0.1, 0.15) is 12.0 Å². The highest BCUT2D eigenvalue weighted by molar-refractivity contribution is 5.74. The molecule has 108 valence electrons. The van der Waals surface area contributed by atoms with Gasteiger partial charge in [-0.1, -0.05) is 30.3 Å². The van der Waals surface area contributed by atoms with E-state index in [0.717, 1.165) is 30.6 Å². The number of benzene rings is 1. The molecule has 2 heterocycles. The summed E-state index contributed by atoms with van der Waals surface area (Å²) in [4.78, 5) is 8.78. The summed E-state index contributed by atoms with van der Waals surface area (Å²) in [6.07, 6.45) is 1.99. The number of fused-ring (bicyclic) bond motifs is 1. The second kappa shape index (κ2) is 5.83. The molecule has 0 saturated carbocycles. The fraction of sp³-hybridized carbons (Fsp3) is 0.250. The summed E-state index contributed by atoms with van der Waals surface area (Å²) >= 11 is 0. The average Bonchev–Trinajstić information content (AvgIpc) is 2.83. The quantitative estimate of drug-likeness (QED) is 0.781. The highest BCUT2D eigenvalue weighted by atomic mass is 16.5. The first-order valence-corrected chi connectivity index (χ1v) is 6.98. The van der Waals surface area contributed by atoms with Crippen LogP contribution in [0.3, 0.4) is 0 Å². The molecule has 0 fully saturated rings. The van der Waals surface area contributed by atoms with Gasteiger partial charge in [-0.2, -0.15) is 4.98 Å². The lowest BCUT2D eigenvalue weighted by molar-refractivity contribution is 0.399. The molecule has 2 aromatic heterocycles. The number of rotatable bonds is 5. The van der Waals surface area contributed by atoms with Gasteiger partial charge in [-0.05, 0) is 24.5 Å². The van der Waals surface area contributed by atoms with E-state index in [-0.39, 0.29) is 0 Å². The second-order valence-corrected chi connectivity index (χ2v) is 4.91. The molecule has 0 atom stereocenters. The Morgan fingerprint density at radius 1 is 1.10 bits per heavy atom. The number of anilines is 1. The Hall–Kier alpha value is -2.56. The highest BCUT2D eigenvalue weighted by Crippen LogP contribution is 2.20. The number of nitrogens with zero attached hydrogens (tertiary/aromatic N) is 3. The minimum absolute atomic E-state index is 0.499. The first-order valence-electron chi connectivity index (χ1n) is 6.98. The molecule has 0 radical (unpaired) electrons. The fourth-order valence-corrected chi connectivity index (χ4v) is 2.42. The van der Waals surface area contributed by atoms with E-state index in [2.05, 4.69) is 34.2 Å². The summed E-state index contributed by atoms with van der Waals surface area (Å²) in [7, 11) is 1.60. The first kappa shape index (κ1) is 13.4. The SMILES string of the molecule is COc1ccc2nc(N)n(CCCc3ccccc3)c2n1. The molecular formula is C16H18N4O. The molecule has 0 aliphatic heterocycles. The molecule has 3 aromatic rings. The van der Waals surface area contributed by atoms with Crippen LogP contribution < -0.4 is 10.5 Å². The third-order valence-electron chi connectivity index (χ3n) is 3.50. The molecule has 0 amide bonds. The van der Waals surface area contributed by atoms with Gasteiger partial charge in [-0.3, -0.25) is 4.57 Å². The minimum atomic E-state index is 0.499. The summed E-state index contributed by atoms with van der Waals surface area (Å²) in [6, 6.07) is 14.1. The van der Waals surface area contributed by atoms with Crippen molar-refractivity contribution in [2.45, 2.75) is 19.4 Å². The van der Waals surface area contributed by atoms with Gasteiger partial charge in [0, 0.05) is 12.6 Å². The number of nitrogens with two attached hydrogens (primary N) is 1. The molecule has 3 rings (SSSR count). The molecule has 0 aliphatic carbocycles. The summed E-state index contributed by atoms with van der Waals surface area (Å²) in [5.41, 5.74) is 8.90. The van der Waals surface area contributed by atoms with E-state index in [1.807, 2.05) is 16.7 Å². The van der Waals surface area contributed by atoms with Crippen molar-refractivity contribution in [2.75, 3.05) is 12.8 Å². The van der Waals surface area contributed by atoms with Crippen LogP contribution >= 0.6 is 0 Å². The standard InChI is InChI=1S/C16H18N4O/c1-21-14-10-9-13-15(19-14)20(16(17)18-13)11-5-8-12-6-3-2-4-7-12/h2-4,6-7,9-10H,5,8,11H2,1H3,(H2,17,18). The van der Waals surface area contributed by atoms with E-state index in [0.29, 0.717) is 11.8 Å². The van der Waals surface area contributed by atoms with Gasteiger partial charge in [-0.25, -0.2) is 4.98 Å². The Bertz CT molecular complexity index is 737. The number of hydrogen-bond acceptors (Lipinski definition) is 4. The van der Waals surface area contributed by atoms with E-state index >= 15 is 0 Å². The third-order valence-corrected chi connectivity index (χ3v) is 3.50. The zero-order valence-corrected chi connectivity index (χ0v) is 12.0. The molecule has 1 aromatic carbocycles. The molecule has 0 saturated heterocycles. The number of ether oxygens (including phenoxy) is 1. The third kappa shape index (κ3) is 2.81. The molecule has 5 nitrogen and oxygen atoms in total. The zero-order chi connectivity index (χ0) is 14.7. The Labute approximate surface area is 123 Å². The summed E-state index contributed by atoms with van der Waals surface area (Å²) in [5, 5.41) is 0. The molecule has 0 unspecified atom stereocenters. The van der Waals surface area contributed by atoms with Crippen LogP contribution in [-0.4, -0.2) is 21.6 Å². The maximum atomic E-state index is 6.00. The number of imidazole rings is 1. The number of nitrogen functional groups attached to an aromatic ring is 1. The van der Waals surface area contributed by atoms with E-state index in [1.165, 1.54) is 5.56 Å². The molecule has 21 heavy (non-hydrogen) atoms. The number of aromatic nitrogens is 3. The van der Waals surface area contributed by atoms with Gasteiger partial charge in [0.05, 0.1) is 7.11 Å². The van der Waals surface area contributed by atoms with E-state index in [4.69, 9.17) is 10.5 Å². The molecular weight excluding hydrogens is 264 g/mol. The topological polar surface area (TPSA) is 66.0 Å². The molecule has 0 spiro atoms. The normalized spacial score (nSPS) is 10.9. The van der Waals surface area contributed by atoms with Crippen LogP contribution in [0.15, 0.2) is 42.5 Å². The summed E-state index contributed by atoms with van der Waals surface area (Å²) in [5.74, 6) is 1.07. The van der Waals surface area contributed by atoms with Crippen LogP contribution in [-0.2, 0) is 13.0 Å². The Morgan fingerprint density at radius 2 is 1.90 bits per heavy atom. The van der Waals surface area contributed by atoms with Gasteiger partial charge in [0.25, 0.3) is 0 Å². The molecule has 2 N–H and O–H groups in total. The van der Waals surface area contributed by atoms with Crippen molar-refractivity contribution in [3.8, 4) is 5.88 Å². The number of aryl methyl sites for hydroxylation is 2. The van der Waals surface area contributed by atoms with Crippen molar-refractivity contribution in [3.63, 3.8) is 0 Å². The van der Waals surface area contributed by atoms with Crippen molar-refractivity contribution in [1.29, 1.82) is 0 Å². The van der Waals surface area contributed by atoms with Crippen molar-refractivity contribution in [1.82, 2.24) is 14.5 Å². The predicted molar refractivity (Wildman–Crippen MR) is 83.3 cm³/mol. The van der Waals surface area contributed by atoms with Gasteiger partial charge in [0.15, 0.2) is 5.65 Å². The first-order chi connectivity index (χ1) is 10.3. The molecule has 0 aliphatic rings. The minimum Gasteiger partial charge on any atom is -0.481 e.